The van der Waals surface area contributed by atoms with E-state index in [1.54, 1.807) is 0 Å². The van der Waals surface area contributed by atoms with Crippen molar-refractivity contribution in [1.29, 1.82) is 0 Å². The lowest BCUT2D eigenvalue weighted by molar-refractivity contribution is 0.171. The number of aromatic nitrogens is 2. The van der Waals surface area contributed by atoms with E-state index in [1.165, 1.54) is 12.8 Å². The van der Waals surface area contributed by atoms with Crippen LogP contribution in [0.25, 0.3) is 11.5 Å². The quantitative estimate of drug-likeness (QED) is 0.879. The van der Waals surface area contributed by atoms with Gasteiger partial charge in [0.2, 0.25) is 0 Å². The molecule has 1 aromatic heterocycles. The van der Waals surface area contributed by atoms with Crippen molar-refractivity contribution in [3.63, 3.8) is 0 Å². The summed E-state index contributed by atoms with van der Waals surface area (Å²) in [4.78, 5) is 6.93. The van der Waals surface area contributed by atoms with Gasteiger partial charge >= 0.3 is 0 Å². The van der Waals surface area contributed by atoms with Gasteiger partial charge in [0, 0.05) is 5.56 Å². The molecule has 1 aliphatic rings. The van der Waals surface area contributed by atoms with E-state index in [4.69, 9.17) is 4.52 Å². The molecular formula is C17H25ClN4O. The van der Waals surface area contributed by atoms with E-state index in [-0.39, 0.29) is 12.4 Å². The van der Waals surface area contributed by atoms with Gasteiger partial charge in [-0.05, 0) is 57.1 Å². The molecule has 5 nitrogen and oxygen atoms in total. The van der Waals surface area contributed by atoms with E-state index in [9.17, 15) is 0 Å². The molecule has 3 rings (SSSR count). The maximum Gasteiger partial charge on any atom is 0.257 e. The van der Waals surface area contributed by atoms with Gasteiger partial charge in [-0.15, -0.1) is 12.4 Å². The molecule has 23 heavy (non-hydrogen) atoms. The first-order valence-electron chi connectivity index (χ1n) is 8.16. The zero-order chi connectivity index (χ0) is 15.2. The average molecular weight is 337 g/mol. The van der Waals surface area contributed by atoms with Crippen LogP contribution in [0.5, 0.6) is 0 Å². The van der Waals surface area contributed by atoms with Crippen LogP contribution in [-0.4, -0.2) is 41.2 Å². The van der Waals surface area contributed by atoms with Crippen LogP contribution in [0.15, 0.2) is 34.9 Å². The first kappa shape index (κ1) is 17.9. The minimum absolute atomic E-state index is 0. The van der Waals surface area contributed by atoms with Crippen molar-refractivity contribution in [2.75, 3.05) is 26.2 Å². The number of rotatable bonds is 6. The Morgan fingerprint density at radius 2 is 1.96 bits per heavy atom. The van der Waals surface area contributed by atoms with Crippen molar-refractivity contribution in [2.45, 2.75) is 26.3 Å². The molecule has 6 heteroatoms. The third-order valence-corrected chi connectivity index (χ3v) is 4.24. The van der Waals surface area contributed by atoms with Gasteiger partial charge in [-0.1, -0.05) is 30.3 Å². The summed E-state index contributed by atoms with van der Waals surface area (Å²) in [6, 6.07) is 9.92. The average Bonchev–Trinajstić information content (AvgIpc) is 3.04. The number of nitrogens with zero attached hydrogens (tertiary/aromatic N) is 3. The summed E-state index contributed by atoms with van der Waals surface area (Å²) in [6.07, 6.45) is 2.49. The highest BCUT2D eigenvalue weighted by atomic mass is 35.5. The van der Waals surface area contributed by atoms with Crippen LogP contribution in [0.1, 0.15) is 25.6 Å². The van der Waals surface area contributed by atoms with Gasteiger partial charge in [-0.3, -0.25) is 4.90 Å². The number of halogens is 1. The molecule has 0 aliphatic carbocycles. The minimum Gasteiger partial charge on any atom is -0.334 e. The molecular weight excluding hydrogens is 312 g/mol. The fourth-order valence-electron chi connectivity index (χ4n) is 2.91. The Morgan fingerprint density at radius 1 is 1.22 bits per heavy atom. The molecule has 1 aromatic carbocycles. The van der Waals surface area contributed by atoms with E-state index in [0.717, 1.165) is 50.0 Å². The highest BCUT2D eigenvalue weighted by Gasteiger charge is 2.20. The van der Waals surface area contributed by atoms with Crippen molar-refractivity contribution >= 4 is 12.4 Å². The number of benzene rings is 1. The molecule has 1 saturated heterocycles. The minimum atomic E-state index is 0. The maximum absolute atomic E-state index is 5.37. The van der Waals surface area contributed by atoms with Crippen LogP contribution in [0, 0.1) is 5.92 Å². The molecule has 2 heterocycles. The van der Waals surface area contributed by atoms with Gasteiger partial charge in [0.1, 0.15) is 0 Å². The Balaban J connectivity index is 0.00000192. The van der Waals surface area contributed by atoms with Crippen molar-refractivity contribution in [2.24, 2.45) is 5.92 Å². The van der Waals surface area contributed by atoms with Crippen LogP contribution < -0.4 is 5.32 Å². The summed E-state index contributed by atoms with van der Waals surface area (Å²) in [6.45, 7) is 7.38. The van der Waals surface area contributed by atoms with Crippen LogP contribution in [0.4, 0.5) is 0 Å². The summed E-state index contributed by atoms with van der Waals surface area (Å²) in [7, 11) is 0. The SMILES string of the molecule is CCNCC1CCN(Cc2noc(-c3ccccc3)n2)CC1.Cl. The molecule has 0 spiro atoms. The standard InChI is InChI=1S/C17H24N4O.ClH/c1-2-18-12-14-8-10-21(11-9-14)13-16-19-17(22-20-16)15-6-4-3-5-7-15;/h3-7,14,18H,2,8-13H2,1H3;1H. The first-order chi connectivity index (χ1) is 10.8. The van der Waals surface area contributed by atoms with E-state index in [1.807, 2.05) is 30.3 Å². The summed E-state index contributed by atoms with van der Waals surface area (Å²) >= 11 is 0. The van der Waals surface area contributed by atoms with Gasteiger partial charge in [-0.25, -0.2) is 0 Å². The van der Waals surface area contributed by atoms with Crippen molar-refractivity contribution in [1.82, 2.24) is 20.4 Å². The number of hydrogen-bond donors (Lipinski definition) is 1. The summed E-state index contributed by atoms with van der Waals surface area (Å²) in [5.74, 6) is 2.20. The molecule has 1 N–H and O–H groups in total. The van der Waals surface area contributed by atoms with Gasteiger partial charge in [0.05, 0.1) is 6.54 Å². The second kappa shape index (κ2) is 9.01. The Hall–Kier alpha value is -1.43. The lowest BCUT2D eigenvalue weighted by Crippen LogP contribution is -2.37. The molecule has 0 saturated carbocycles. The molecule has 0 atom stereocenters. The Labute approximate surface area is 143 Å². The number of piperidine rings is 1. The van der Waals surface area contributed by atoms with E-state index in [0.29, 0.717) is 5.89 Å². The Bertz CT molecular complexity index is 567. The van der Waals surface area contributed by atoms with Crippen molar-refractivity contribution in [3.05, 3.63) is 36.2 Å². The monoisotopic (exact) mass is 336 g/mol. The highest BCUT2D eigenvalue weighted by Crippen LogP contribution is 2.20. The van der Waals surface area contributed by atoms with Crippen LogP contribution in [-0.2, 0) is 6.54 Å². The molecule has 1 fully saturated rings. The van der Waals surface area contributed by atoms with Gasteiger partial charge < -0.3 is 9.84 Å². The maximum atomic E-state index is 5.37. The van der Waals surface area contributed by atoms with Gasteiger partial charge in [0.25, 0.3) is 5.89 Å². The first-order valence-corrected chi connectivity index (χ1v) is 8.16. The zero-order valence-electron chi connectivity index (χ0n) is 13.6. The molecule has 1 aliphatic heterocycles. The predicted octanol–water partition coefficient (Wildman–Crippen LogP) is 2.98. The van der Waals surface area contributed by atoms with Gasteiger partial charge in [-0.2, -0.15) is 4.98 Å². The number of likely N-dealkylation sites (tertiary alicyclic amines) is 1. The Morgan fingerprint density at radius 3 is 2.65 bits per heavy atom. The third kappa shape index (κ3) is 5.03. The van der Waals surface area contributed by atoms with Crippen LogP contribution >= 0.6 is 12.4 Å². The number of hydrogen-bond acceptors (Lipinski definition) is 5. The van der Waals surface area contributed by atoms with Crippen LogP contribution in [0.3, 0.4) is 0 Å². The van der Waals surface area contributed by atoms with Crippen molar-refractivity contribution in [3.8, 4) is 11.5 Å². The lowest BCUT2D eigenvalue weighted by Gasteiger charge is -2.31. The molecule has 126 valence electrons. The summed E-state index contributed by atoms with van der Waals surface area (Å²) in [5, 5.41) is 7.56. The fraction of sp³-hybridized carbons (Fsp3) is 0.529. The molecule has 0 radical (unpaired) electrons. The predicted molar refractivity (Wildman–Crippen MR) is 93.5 cm³/mol. The topological polar surface area (TPSA) is 54.2 Å². The second-order valence-electron chi connectivity index (χ2n) is 5.91. The lowest BCUT2D eigenvalue weighted by atomic mass is 9.97. The molecule has 2 aromatic rings. The van der Waals surface area contributed by atoms with Crippen molar-refractivity contribution < 1.29 is 4.52 Å². The molecule has 0 unspecified atom stereocenters. The largest absolute Gasteiger partial charge is 0.334 e. The zero-order valence-corrected chi connectivity index (χ0v) is 14.4. The normalized spacial score (nSPS) is 16.2. The Kier molecular flexibility index (Phi) is 7.02. The fourth-order valence-corrected chi connectivity index (χ4v) is 2.91. The van der Waals surface area contributed by atoms with E-state index >= 15 is 0 Å². The summed E-state index contributed by atoms with van der Waals surface area (Å²) < 4.78 is 5.37. The summed E-state index contributed by atoms with van der Waals surface area (Å²) in [5.41, 5.74) is 0.977. The van der Waals surface area contributed by atoms with E-state index in [2.05, 4.69) is 27.3 Å². The molecule has 0 bridgehead atoms. The van der Waals surface area contributed by atoms with E-state index < -0.39 is 0 Å². The second-order valence-corrected chi connectivity index (χ2v) is 5.91. The highest BCUT2D eigenvalue weighted by molar-refractivity contribution is 5.85. The number of nitrogens with one attached hydrogen (secondary N) is 1. The third-order valence-electron chi connectivity index (χ3n) is 4.24. The van der Waals surface area contributed by atoms with Crippen LogP contribution in [0.2, 0.25) is 0 Å². The smallest absolute Gasteiger partial charge is 0.257 e. The van der Waals surface area contributed by atoms with Gasteiger partial charge in [0.15, 0.2) is 5.82 Å². The molecule has 0 amide bonds.